The summed E-state index contributed by atoms with van der Waals surface area (Å²) >= 11 is 2.97. The van der Waals surface area contributed by atoms with Crippen molar-refractivity contribution < 1.29 is 4.79 Å². The van der Waals surface area contributed by atoms with Crippen molar-refractivity contribution >= 4 is 45.5 Å². The van der Waals surface area contributed by atoms with E-state index in [1.807, 2.05) is 41.8 Å². The van der Waals surface area contributed by atoms with Gasteiger partial charge in [-0.2, -0.15) is 0 Å². The van der Waals surface area contributed by atoms with Crippen LogP contribution in [-0.2, 0) is 11.2 Å². The molecule has 1 atom stereocenters. The fourth-order valence-electron chi connectivity index (χ4n) is 5.11. The summed E-state index contributed by atoms with van der Waals surface area (Å²) < 4.78 is 2.26. The van der Waals surface area contributed by atoms with Gasteiger partial charge in [-0.25, -0.2) is 4.99 Å². The number of amides is 1. The van der Waals surface area contributed by atoms with Gasteiger partial charge in [-0.1, -0.05) is 59.9 Å². The highest BCUT2D eigenvalue weighted by Crippen LogP contribution is 2.42. The zero-order valence-electron chi connectivity index (χ0n) is 17.4. The molecule has 1 N–H and O–H groups in total. The molecule has 0 bridgehead atoms. The minimum atomic E-state index is -0.233. The van der Waals surface area contributed by atoms with Crippen molar-refractivity contribution in [2.24, 2.45) is 4.99 Å². The van der Waals surface area contributed by atoms with E-state index in [9.17, 15) is 9.59 Å². The molecule has 1 amide bonds. The number of rotatable bonds is 1. The monoisotopic (exact) mass is 467 g/mol. The lowest BCUT2D eigenvalue weighted by molar-refractivity contribution is -0.110. The molecule has 5 nitrogen and oxygen atoms in total. The number of carbonyl (C=O) groups is 1. The molecule has 0 spiro atoms. The third kappa shape index (κ3) is 2.66. The molecule has 2 aliphatic heterocycles. The quantitative estimate of drug-likeness (QED) is 0.464. The van der Waals surface area contributed by atoms with Gasteiger partial charge in [-0.05, 0) is 41.5 Å². The highest BCUT2D eigenvalue weighted by atomic mass is 32.1. The van der Waals surface area contributed by atoms with Crippen molar-refractivity contribution in [3.63, 3.8) is 0 Å². The van der Waals surface area contributed by atoms with Crippen LogP contribution in [0.15, 0.2) is 81.4 Å². The molecular formula is C26H17N3O2S2. The van der Waals surface area contributed by atoms with Gasteiger partial charge in [0.2, 0.25) is 0 Å². The summed E-state index contributed by atoms with van der Waals surface area (Å²) in [7, 11) is 0. The van der Waals surface area contributed by atoms with E-state index in [0.717, 1.165) is 40.2 Å². The number of anilines is 1. The molecule has 2 aromatic carbocycles. The summed E-state index contributed by atoms with van der Waals surface area (Å²) in [5.41, 5.74) is 6.40. The van der Waals surface area contributed by atoms with Crippen LogP contribution in [0.1, 0.15) is 34.0 Å². The third-order valence-electron chi connectivity index (χ3n) is 6.56. The fraction of sp³-hybridized carbons (Fsp3) is 0.115. The number of carbonyl (C=O) groups excluding carboxylic acids is 1. The summed E-state index contributed by atoms with van der Waals surface area (Å²) in [6, 6.07) is 19.8. The van der Waals surface area contributed by atoms with E-state index >= 15 is 0 Å². The summed E-state index contributed by atoms with van der Waals surface area (Å²) in [5, 5.41) is 4.95. The van der Waals surface area contributed by atoms with Crippen LogP contribution in [0.2, 0.25) is 0 Å². The Kier molecular flexibility index (Phi) is 4.01. The molecule has 7 rings (SSSR count). The van der Waals surface area contributed by atoms with Crippen molar-refractivity contribution in [1.29, 1.82) is 0 Å². The first kappa shape index (κ1) is 19.0. The number of fused-ring (bicyclic) bond motifs is 4. The van der Waals surface area contributed by atoms with E-state index in [4.69, 9.17) is 4.99 Å². The molecule has 3 aliphatic rings. The second kappa shape index (κ2) is 6.97. The standard InChI is InChI=1S/C26H17N3O2S2/c30-24-20(16-8-3-4-9-18(16)27-24)23-25(31)29-22(19-10-5-13-32-19)17-12-11-14-6-1-2-7-15(14)21(17)28-26(29)33-23/h1-10,13,22H,11-12H2,(H,27,30). The van der Waals surface area contributed by atoms with E-state index in [0.29, 0.717) is 14.9 Å². The van der Waals surface area contributed by atoms with Gasteiger partial charge >= 0.3 is 0 Å². The maximum atomic E-state index is 13.9. The number of thiazole rings is 1. The van der Waals surface area contributed by atoms with Gasteiger partial charge in [0.25, 0.3) is 11.5 Å². The first-order chi connectivity index (χ1) is 16.2. The zero-order chi connectivity index (χ0) is 22.1. The maximum Gasteiger partial charge on any atom is 0.271 e. The molecule has 160 valence electrons. The lowest BCUT2D eigenvalue weighted by atomic mass is 9.85. The number of para-hydroxylation sites is 1. The number of thiophene rings is 1. The number of hydrogen-bond donors (Lipinski definition) is 1. The molecule has 2 aromatic heterocycles. The molecule has 1 aliphatic carbocycles. The third-order valence-corrected chi connectivity index (χ3v) is 8.54. The normalized spacial score (nSPS) is 19.9. The van der Waals surface area contributed by atoms with Gasteiger partial charge in [0.05, 0.1) is 17.3 Å². The van der Waals surface area contributed by atoms with Gasteiger partial charge in [0.15, 0.2) is 4.80 Å². The zero-order valence-corrected chi connectivity index (χ0v) is 19.0. The first-order valence-electron chi connectivity index (χ1n) is 10.8. The van der Waals surface area contributed by atoms with Gasteiger partial charge in [0, 0.05) is 21.7 Å². The number of aryl methyl sites for hydroxylation is 1. The van der Waals surface area contributed by atoms with Crippen molar-refractivity contribution in [3.05, 3.63) is 113 Å². The molecule has 0 saturated heterocycles. The summed E-state index contributed by atoms with van der Waals surface area (Å²) in [5.74, 6) is -0.233. The van der Waals surface area contributed by atoms with E-state index < -0.39 is 0 Å². The van der Waals surface area contributed by atoms with E-state index in [1.54, 1.807) is 15.9 Å². The van der Waals surface area contributed by atoms with Crippen molar-refractivity contribution in [2.75, 3.05) is 5.32 Å². The van der Waals surface area contributed by atoms with Crippen molar-refractivity contribution in [3.8, 4) is 0 Å². The predicted molar refractivity (Wildman–Crippen MR) is 131 cm³/mol. The average molecular weight is 468 g/mol. The smallest absolute Gasteiger partial charge is 0.271 e. The van der Waals surface area contributed by atoms with Crippen molar-refractivity contribution in [1.82, 2.24) is 4.57 Å². The molecular weight excluding hydrogens is 450 g/mol. The van der Waals surface area contributed by atoms with Crippen LogP contribution in [0.25, 0.3) is 11.3 Å². The van der Waals surface area contributed by atoms with Crippen LogP contribution in [0, 0.1) is 0 Å². The van der Waals surface area contributed by atoms with Crippen LogP contribution in [0.4, 0.5) is 5.69 Å². The largest absolute Gasteiger partial charge is 0.321 e. The Bertz CT molecular complexity index is 1690. The fourth-order valence-corrected chi connectivity index (χ4v) is 7.06. The summed E-state index contributed by atoms with van der Waals surface area (Å²) in [6.07, 6.45) is 1.79. The Morgan fingerprint density at radius 3 is 2.61 bits per heavy atom. The topological polar surface area (TPSA) is 63.5 Å². The number of nitrogens with zero attached hydrogens (tertiary/aromatic N) is 2. The first-order valence-corrected chi connectivity index (χ1v) is 12.5. The Balaban J connectivity index is 1.57. The van der Waals surface area contributed by atoms with E-state index in [-0.39, 0.29) is 17.5 Å². The molecule has 7 heteroatoms. The Labute approximate surface area is 196 Å². The lowest BCUT2D eigenvalue weighted by Crippen LogP contribution is -2.39. The predicted octanol–water partition coefficient (Wildman–Crippen LogP) is 3.70. The molecule has 4 aromatic rings. The minimum Gasteiger partial charge on any atom is -0.321 e. The van der Waals surface area contributed by atoms with Crippen molar-refractivity contribution in [2.45, 2.75) is 18.9 Å². The second-order valence-electron chi connectivity index (χ2n) is 8.32. The summed E-state index contributed by atoms with van der Waals surface area (Å²) in [4.78, 5) is 33.6. The molecule has 0 fully saturated rings. The lowest BCUT2D eigenvalue weighted by Gasteiger charge is -2.30. The second-order valence-corrected chi connectivity index (χ2v) is 10.3. The van der Waals surface area contributed by atoms with Gasteiger partial charge in [-0.3, -0.25) is 14.2 Å². The van der Waals surface area contributed by atoms with Crippen LogP contribution >= 0.6 is 22.7 Å². The number of allylic oxidation sites excluding steroid dienone is 1. The molecule has 1 unspecified atom stereocenters. The van der Waals surface area contributed by atoms with E-state index in [1.165, 1.54) is 22.5 Å². The summed E-state index contributed by atoms with van der Waals surface area (Å²) in [6.45, 7) is 0. The maximum absolute atomic E-state index is 13.9. The number of hydrogen-bond acceptors (Lipinski definition) is 5. The van der Waals surface area contributed by atoms with Crippen LogP contribution < -0.4 is 20.2 Å². The SMILES string of the molecule is O=C1Nc2ccccc2C1=c1sc2n(c1=O)C(c1cccs1)C1=C(N=2)c2ccccc2CC1. The number of aromatic nitrogens is 1. The highest BCUT2D eigenvalue weighted by molar-refractivity contribution is 7.10. The molecule has 4 heterocycles. The number of benzene rings is 2. The minimum absolute atomic E-state index is 0.149. The Hall–Kier alpha value is -3.55. The van der Waals surface area contributed by atoms with E-state index in [2.05, 4.69) is 29.6 Å². The molecule has 33 heavy (non-hydrogen) atoms. The Morgan fingerprint density at radius 2 is 1.76 bits per heavy atom. The van der Waals surface area contributed by atoms with Gasteiger partial charge in [0.1, 0.15) is 4.53 Å². The van der Waals surface area contributed by atoms with Gasteiger partial charge < -0.3 is 5.32 Å². The van der Waals surface area contributed by atoms with Crippen LogP contribution in [0.3, 0.4) is 0 Å². The number of nitrogens with one attached hydrogen (secondary N) is 1. The molecule has 0 saturated carbocycles. The highest BCUT2D eigenvalue weighted by Gasteiger charge is 2.34. The average Bonchev–Trinajstić information content (AvgIpc) is 3.55. The Morgan fingerprint density at radius 1 is 0.939 bits per heavy atom. The molecule has 0 radical (unpaired) electrons. The van der Waals surface area contributed by atoms with Crippen LogP contribution in [-0.4, -0.2) is 10.5 Å². The van der Waals surface area contributed by atoms with Crippen LogP contribution in [0.5, 0.6) is 0 Å². The van der Waals surface area contributed by atoms with Gasteiger partial charge in [-0.15, -0.1) is 11.3 Å².